The van der Waals surface area contributed by atoms with Crippen molar-refractivity contribution in [3.05, 3.63) is 95.2 Å². The van der Waals surface area contributed by atoms with Gasteiger partial charge in [0.2, 0.25) is 6.41 Å². The Bertz CT molecular complexity index is 1300. The molecule has 1 N–H and O–H groups in total. The van der Waals surface area contributed by atoms with Crippen LogP contribution in [0.4, 0.5) is 5.82 Å². The monoisotopic (exact) mass is 454 g/mol. The lowest BCUT2D eigenvalue weighted by atomic mass is 9.95. The minimum Gasteiger partial charge on any atom is -0.279 e. The summed E-state index contributed by atoms with van der Waals surface area (Å²) in [6.07, 6.45) is 5.58. The molecule has 4 aromatic rings. The maximum absolute atomic E-state index is 11.9. The quantitative estimate of drug-likeness (QED) is 0.311. The number of carbonyl (C=O) groups excluding carboxylic acids is 1. The van der Waals surface area contributed by atoms with E-state index in [0.29, 0.717) is 28.5 Å². The van der Waals surface area contributed by atoms with E-state index in [0.717, 1.165) is 27.9 Å². The first kappa shape index (κ1) is 21.9. The molecule has 0 aliphatic rings. The van der Waals surface area contributed by atoms with Gasteiger partial charge in [-0.05, 0) is 66.1 Å². The van der Waals surface area contributed by atoms with Crippen molar-refractivity contribution in [2.45, 2.75) is 13.5 Å². The number of benzene rings is 1. The van der Waals surface area contributed by atoms with E-state index in [1.165, 1.54) is 11.2 Å². The van der Waals surface area contributed by atoms with E-state index in [2.05, 4.69) is 20.4 Å². The smallest absolute Gasteiger partial charge is 0.228 e. The van der Waals surface area contributed by atoms with Crippen molar-refractivity contribution in [3.8, 4) is 28.3 Å². The molecule has 4 rings (SSSR count). The fourth-order valence-corrected chi connectivity index (χ4v) is 3.55. The number of anilines is 1. The van der Waals surface area contributed by atoms with E-state index in [1.54, 1.807) is 24.5 Å². The van der Waals surface area contributed by atoms with Crippen molar-refractivity contribution in [2.75, 3.05) is 5.43 Å². The van der Waals surface area contributed by atoms with Gasteiger partial charge >= 0.3 is 0 Å². The van der Waals surface area contributed by atoms with Gasteiger partial charge in [-0.2, -0.15) is 5.26 Å². The van der Waals surface area contributed by atoms with Gasteiger partial charge in [-0.25, -0.2) is 4.98 Å². The van der Waals surface area contributed by atoms with Crippen molar-refractivity contribution in [1.29, 1.82) is 5.26 Å². The second kappa shape index (κ2) is 9.90. The minimum atomic E-state index is 0.191. The first-order valence-corrected chi connectivity index (χ1v) is 10.5. The normalized spacial score (nSPS) is 10.3. The van der Waals surface area contributed by atoms with Crippen LogP contribution in [0.25, 0.3) is 22.3 Å². The number of hydrogen-bond donors (Lipinski definition) is 1. The maximum atomic E-state index is 11.9. The molecule has 1 amide bonds. The van der Waals surface area contributed by atoms with E-state index in [-0.39, 0.29) is 6.54 Å². The topological polar surface area (TPSA) is 94.8 Å². The van der Waals surface area contributed by atoms with Gasteiger partial charge in [-0.15, -0.1) is 0 Å². The Morgan fingerprint density at radius 3 is 2.48 bits per heavy atom. The molecule has 0 atom stereocenters. The number of aryl methyl sites for hydroxylation is 1. The van der Waals surface area contributed by atoms with Crippen LogP contribution in [0.1, 0.15) is 17.0 Å². The summed E-state index contributed by atoms with van der Waals surface area (Å²) in [5.74, 6) is 0.520. The molecule has 0 saturated carbocycles. The summed E-state index contributed by atoms with van der Waals surface area (Å²) in [6, 6.07) is 18.8. The summed E-state index contributed by atoms with van der Waals surface area (Å²) >= 11 is 6.10. The highest BCUT2D eigenvalue weighted by Gasteiger charge is 2.17. The number of nitrogens with one attached hydrogen (secondary N) is 1. The van der Waals surface area contributed by atoms with E-state index in [9.17, 15) is 4.79 Å². The van der Waals surface area contributed by atoms with Gasteiger partial charge in [-0.3, -0.25) is 25.2 Å². The van der Waals surface area contributed by atoms with Crippen molar-refractivity contribution in [2.24, 2.45) is 0 Å². The van der Waals surface area contributed by atoms with Gasteiger partial charge in [0.05, 0.1) is 17.8 Å². The summed E-state index contributed by atoms with van der Waals surface area (Å²) in [5.41, 5.74) is 8.63. The number of hydrazine groups is 1. The lowest BCUT2D eigenvalue weighted by Crippen LogP contribution is -2.29. The SMILES string of the molecule is Cc1cc(-c2ccc(Cl)cc2)c(-c2ccncc2)c(NN(C=O)Cc2ccc(C#N)cn2)n1. The van der Waals surface area contributed by atoms with Gasteiger partial charge < -0.3 is 0 Å². The summed E-state index contributed by atoms with van der Waals surface area (Å²) in [4.78, 5) is 25.0. The Hall–Kier alpha value is -4.28. The molecule has 0 spiro atoms. The van der Waals surface area contributed by atoms with Crippen LogP contribution in [0.15, 0.2) is 73.2 Å². The Morgan fingerprint density at radius 2 is 1.85 bits per heavy atom. The van der Waals surface area contributed by atoms with Crippen LogP contribution in [0.5, 0.6) is 0 Å². The average molecular weight is 455 g/mol. The predicted octanol–water partition coefficient (Wildman–Crippen LogP) is 5.02. The molecular weight excluding hydrogens is 436 g/mol. The molecule has 0 bridgehead atoms. The molecule has 1 aromatic carbocycles. The third-order valence-corrected chi connectivity index (χ3v) is 5.19. The highest BCUT2D eigenvalue weighted by atomic mass is 35.5. The number of nitrogens with zero attached hydrogens (tertiary/aromatic N) is 5. The molecule has 7 nitrogen and oxygen atoms in total. The summed E-state index contributed by atoms with van der Waals surface area (Å²) in [7, 11) is 0. The molecule has 0 saturated heterocycles. The second-order valence-corrected chi connectivity index (χ2v) is 7.71. The third kappa shape index (κ3) is 5.14. The third-order valence-electron chi connectivity index (χ3n) is 4.93. The van der Waals surface area contributed by atoms with E-state index < -0.39 is 0 Å². The Labute approximate surface area is 196 Å². The van der Waals surface area contributed by atoms with Crippen LogP contribution in [-0.2, 0) is 11.3 Å². The van der Waals surface area contributed by atoms with Crippen LogP contribution >= 0.6 is 11.6 Å². The lowest BCUT2D eigenvalue weighted by Gasteiger charge is -2.23. The molecule has 33 heavy (non-hydrogen) atoms. The molecule has 3 heterocycles. The van der Waals surface area contributed by atoms with Gasteiger partial charge in [0.15, 0.2) is 5.82 Å². The average Bonchev–Trinajstić information content (AvgIpc) is 2.84. The number of halogens is 1. The van der Waals surface area contributed by atoms with Gasteiger partial charge in [0, 0.05) is 34.9 Å². The molecule has 8 heteroatoms. The Balaban J connectivity index is 1.77. The van der Waals surface area contributed by atoms with Crippen LogP contribution in [-0.4, -0.2) is 26.4 Å². The maximum Gasteiger partial charge on any atom is 0.228 e. The number of pyridine rings is 3. The second-order valence-electron chi connectivity index (χ2n) is 7.27. The van der Waals surface area contributed by atoms with Crippen LogP contribution in [0.3, 0.4) is 0 Å². The molecule has 0 aliphatic carbocycles. The number of amides is 1. The van der Waals surface area contributed by atoms with Crippen molar-refractivity contribution in [1.82, 2.24) is 20.0 Å². The van der Waals surface area contributed by atoms with Crippen molar-refractivity contribution < 1.29 is 4.79 Å². The molecule has 0 fully saturated rings. The van der Waals surface area contributed by atoms with Gasteiger partial charge in [0.25, 0.3) is 0 Å². The molecular formula is C25H19ClN6O. The standard InChI is InChI=1S/C25H19ClN6O/c1-17-12-23(19-3-5-21(26)6-4-19)24(20-8-10-28-11-9-20)25(30-17)31-32(16-33)15-22-7-2-18(13-27)14-29-22/h2-12,14,16H,15H2,1H3,(H,30,31). The number of aromatic nitrogens is 3. The Kier molecular flexibility index (Phi) is 6.58. The van der Waals surface area contributed by atoms with E-state index in [4.69, 9.17) is 16.9 Å². The predicted molar refractivity (Wildman–Crippen MR) is 127 cm³/mol. The van der Waals surface area contributed by atoms with Gasteiger partial charge in [-0.1, -0.05) is 23.7 Å². The van der Waals surface area contributed by atoms with Gasteiger partial charge in [0.1, 0.15) is 6.07 Å². The van der Waals surface area contributed by atoms with Crippen LogP contribution < -0.4 is 5.43 Å². The van der Waals surface area contributed by atoms with E-state index in [1.807, 2.05) is 55.5 Å². The first-order valence-electron chi connectivity index (χ1n) is 10.1. The van der Waals surface area contributed by atoms with Crippen molar-refractivity contribution in [3.63, 3.8) is 0 Å². The molecule has 3 aromatic heterocycles. The molecule has 162 valence electrons. The first-order chi connectivity index (χ1) is 16.1. The highest BCUT2D eigenvalue weighted by Crippen LogP contribution is 2.38. The molecule has 0 unspecified atom stereocenters. The highest BCUT2D eigenvalue weighted by molar-refractivity contribution is 6.30. The lowest BCUT2D eigenvalue weighted by molar-refractivity contribution is -0.117. The number of rotatable bonds is 7. The summed E-state index contributed by atoms with van der Waals surface area (Å²) < 4.78 is 0. The molecule has 0 radical (unpaired) electrons. The number of nitriles is 1. The van der Waals surface area contributed by atoms with E-state index >= 15 is 0 Å². The fraction of sp³-hybridized carbons (Fsp3) is 0.0800. The largest absolute Gasteiger partial charge is 0.279 e. The Morgan fingerprint density at radius 1 is 1.09 bits per heavy atom. The van der Waals surface area contributed by atoms with Crippen LogP contribution in [0, 0.1) is 18.3 Å². The number of hydrogen-bond acceptors (Lipinski definition) is 6. The number of carbonyl (C=O) groups is 1. The molecule has 0 aliphatic heterocycles. The zero-order valence-electron chi connectivity index (χ0n) is 17.7. The summed E-state index contributed by atoms with van der Waals surface area (Å²) in [5, 5.41) is 11.0. The zero-order chi connectivity index (χ0) is 23.2. The minimum absolute atomic E-state index is 0.191. The van der Waals surface area contributed by atoms with Crippen LogP contribution in [0.2, 0.25) is 5.02 Å². The zero-order valence-corrected chi connectivity index (χ0v) is 18.5. The van der Waals surface area contributed by atoms with Crippen molar-refractivity contribution >= 4 is 23.8 Å². The summed E-state index contributed by atoms with van der Waals surface area (Å²) in [6.45, 7) is 2.09. The fourth-order valence-electron chi connectivity index (χ4n) is 3.42.